The molecule has 2 N–H and O–H groups in total. The van der Waals surface area contributed by atoms with Crippen molar-refractivity contribution in [1.29, 1.82) is 0 Å². The number of hydrogen-bond donors (Lipinski definition) is 1. The van der Waals surface area contributed by atoms with Crippen molar-refractivity contribution in [3.63, 3.8) is 0 Å². The lowest BCUT2D eigenvalue weighted by Crippen LogP contribution is -1.95. The predicted octanol–water partition coefficient (Wildman–Crippen LogP) is 2.54. The third-order valence-corrected chi connectivity index (χ3v) is 1.60. The van der Waals surface area contributed by atoms with E-state index in [1.54, 1.807) is 12.1 Å². The smallest absolute Gasteiger partial charge is 0.123 e. The van der Waals surface area contributed by atoms with Gasteiger partial charge in [0.15, 0.2) is 0 Å². The van der Waals surface area contributed by atoms with Crippen LogP contribution in [0.15, 0.2) is 30.3 Å². The molecule has 2 heteroatoms. The summed E-state index contributed by atoms with van der Waals surface area (Å²) in [7, 11) is 0. The highest BCUT2D eigenvalue weighted by Crippen LogP contribution is 2.09. The van der Waals surface area contributed by atoms with E-state index < -0.39 is 0 Å². The number of rotatable bonds is 2. The van der Waals surface area contributed by atoms with Crippen molar-refractivity contribution in [1.82, 2.24) is 0 Å². The lowest BCUT2D eigenvalue weighted by atomic mass is 10.1. The summed E-state index contributed by atoms with van der Waals surface area (Å²) >= 11 is 0. The molecule has 0 atom stereocenters. The van der Waals surface area contributed by atoms with E-state index in [2.05, 4.69) is 0 Å². The van der Waals surface area contributed by atoms with E-state index in [9.17, 15) is 4.39 Å². The van der Waals surface area contributed by atoms with Gasteiger partial charge < -0.3 is 5.73 Å². The molecule has 0 amide bonds. The highest BCUT2D eigenvalue weighted by molar-refractivity contribution is 5.62. The quantitative estimate of drug-likeness (QED) is 0.716. The Balaban J connectivity index is 2.89. The van der Waals surface area contributed by atoms with Crippen LogP contribution in [0.3, 0.4) is 0 Å². The molecule has 12 heavy (non-hydrogen) atoms. The van der Waals surface area contributed by atoms with Crippen molar-refractivity contribution >= 4 is 5.70 Å². The van der Waals surface area contributed by atoms with E-state index >= 15 is 0 Å². The average Bonchev–Trinajstić information content (AvgIpc) is 2.06. The van der Waals surface area contributed by atoms with Crippen LogP contribution in [0.4, 0.5) is 4.39 Å². The molecule has 64 valence electrons. The average molecular weight is 165 g/mol. The summed E-state index contributed by atoms with van der Waals surface area (Å²) in [6, 6.07) is 6.17. The maximum Gasteiger partial charge on any atom is 0.123 e. The summed E-state index contributed by atoms with van der Waals surface area (Å²) in [6.07, 6.45) is 2.80. The number of hydrogen-bond acceptors (Lipinski definition) is 1. The monoisotopic (exact) mass is 165 g/mol. The summed E-state index contributed by atoms with van der Waals surface area (Å²) in [5, 5.41) is 0. The van der Waals surface area contributed by atoms with Crippen LogP contribution >= 0.6 is 0 Å². The first-order valence-electron chi connectivity index (χ1n) is 3.95. The SMILES string of the molecule is CCC=C(N)c1ccc(F)cc1. The number of nitrogens with two attached hydrogens (primary N) is 1. The number of allylic oxidation sites excluding steroid dienone is 1. The van der Waals surface area contributed by atoms with Gasteiger partial charge in [-0.05, 0) is 24.1 Å². The van der Waals surface area contributed by atoms with Gasteiger partial charge in [-0.2, -0.15) is 0 Å². The summed E-state index contributed by atoms with van der Waals surface area (Å²) in [4.78, 5) is 0. The number of halogens is 1. The van der Waals surface area contributed by atoms with Gasteiger partial charge in [-0.25, -0.2) is 4.39 Å². The van der Waals surface area contributed by atoms with Gasteiger partial charge >= 0.3 is 0 Å². The van der Waals surface area contributed by atoms with Crippen molar-refractivity contribution in [2.24, 2.45) is 5.73 Å². The maximum atomic E-state index is 12.5. The second kappa shape index (κ2) is 3.90. The van der Waals surface area contributed by atoms with Gasteiger partial charge in [0.25, 0.3) is 0 Å². The summed E-state index contributed by atoms with van der Waals surface area (Å²) in [6.45, 7) is 2.01. The molecule has 0 unspecified atom stereocenters. The van der Waals surface area contributed by atoms with E-state index in [0.29, 0.717) is 5.70 Å². The van der Waals surface area contributed by atoms with Crippen LogP contribution in [0.25, 0.3) is 5.70 Å². The van der Waals surface area contributed by atoms with E-state index in [0.717, 1.165) is 12.0 Å². The van der Waals surface area contributed by atoms with Gasteiger partial charge in [-0.15, -0.1) is 0 Å². The van der Waals surface area contributed by atoms with E-state index in [-0.39, 0.29) is 5.82 Å². The topological polar surface area (TPSA) is 26.0 Å². The van der Waals surface area contributed by atoms with Gasteiger partial charge in [-0.3, -0.25) is 0 Å². The van der Waals surface area contributed by atoms with Crippen LogP contribution in [-0.2, 0) is 0 Å². The van der Waals surface area contributed by atoms with Gasteiger partial charge in [-0.1, -0.05) is 25.1 Å². The normalized spacial score (nSPS) is 11.7. The van der Waals surface area contributed by atoms with Crippen LogP contribution in [0, 0.1) is 5.82 Å². The molecular weight excluding hydrogens is 153 g/mol. The van der Waals surface area contributed by atoms with Crippen LogP contribution < -0.4 is 5.73 Å². The zero-order chi connectivity index (χ0) is 8.97. The first-order valence-corrected chi connectivity index (χ1v) is 3.95. The molecule has 0 spiro atoms. The van der Waals surface area contributed by atoms with Gasteiger partial charge in [0, 0.05) is 5.70 Å². The van der Waals surface area contributed by atoms with Crippen LogP contribution in [0.2, 0.25) is 0 Å². The first-order chi connectivity index (χ1) is 5.74. The fraction of sp³-hybridized carbons (Fsp3) is 0.200. The second-order valence-corrected chi connectivity index (χ2v) is 2.57. The lowest BCUT2D eigenvalue weighted by Gasteiger charge is -1.99. The van der Waals surface area contributed by atoms with Crippen LogP contribution in [0.1, 0.15) is 18.9 Å². The third-order valence-electron chi connectivity index (χ3n) is 1.60. The Morgan fingerprint density at radius 1 is 1.42 bits per heavy atom. The highest BCUT2D eigenvalue weighted by Gasteiger charge is 1.94. The Morgan fingerprint density at radius 2 is 2.00 bits per heavy atom. The third kappa shape index (κ3) is 2.09. The zero-order valence-electron chi connectivity index (χ0n) is 7.05. The minimum absolute atomic E-state index is 0.233. The molecule has 1 aromatic rings. The molecular formula is C10H12FN. The van der Waals surface area contributed by atoms with Gasteiger partial charge in [0.2, 0.25) is 0 Å². The van der Waals surface area contributed by atoms with Crippen molar-refractivity contribution in [3.8, 4) is 0 Å². The van der Waals surface area contributed by atoms with E-state index in [1.807, 2.05) is 13.0 Å². The zero-order valence-corrected chi connectivity index (χ0v) is 7.05. The highest BCUT2D eigenvalue weighted by atomic mass is 19.1. The van der Waals surface area contributed by atoms with Crippen molar-refractivity contribution < 1.29 is 4.39 Å². The molecule has 0 radical (unpaired) electrons. The summed E-state index contributed by atoms with van der Waals surface area (Å²) < 4.78 is 12.5. The minimum atomic E-state index is -0.233. The molecule has 0 bridgehead atoms. The minimum Gasteiger partial charge on any atom is -0.399 e. The Labute approximate surface area is 71.7 Å². The molecule has 0 aliphatic heterocycles. The largest absolute Gasteiger partial charge is 0.399 e. The Bertz CT molecular complexity index is 274. The van der Waals surface area contributed by atoms with Crippen molar-refractivity contribution in [3.05, 3.63) is 41.7 Å². The Hall–Kier alpha value is -1.31. The van der Waals surface area contributed by atoms with E-state index in [4.69, 9.17) is 5.73 Å². The van der Waals surface area contributed by atoms with Crippen molar-refractivity contribution in [2.75, 3.05) is 0 Å². The fourth-order valence-electron chi connectivity index (χ4n) is 0.980. The number of benzene rings is 1. The van der Waals surface area contributed by atoms with Crippen LogP contribution in [0.5, 0.6) is 0 Å². The molecule has 1 aromatic carbocycles. The standard InChI is InChI=1S/C10H12FN/c1-2-3-10(12)8-4-6-9(11)7-5-8/h3-7H,2,12H2,1H3. The first kappa shape index (κ1) is 8.78. The lowest BCUT2D eigenvalue weighted by molar-refractivity contribution is 0.627. The molecule has 0 saturated carbocycles. The summed E-state index contributed by atoms with van der Waals surface area (Å²) in [5.41, 5.74) is 7.27. The van der Waals surface area contributed by atoms with Crippen molar-refractivity contribution in [2.45, 2.75) is 13.3 Å². The van der Waals surface area contributed by atoms with E-state index in [1.165, 1.54) is 12.1 Å². The van der Waals surface area contributed by atoms with Crippen LogP contribution in [-0.4, -0.2) is 0 Å². The molecule has 0 aliphatic rings. The predicted molar refractivity (Wildman–Crippen MR) is 48.9 cm³/mol. The Kier molecular flexibility index (Phi) is 2.86. The second-order valence-electron chi connectivity index (χ2n) is 2.57. The van der Waals surface area contributed by atoms with Gasteiger partial charge in [0.05, 0.1) is 0 Å². The Morgan fingerprint density at radius 3 is 2.50 bits per heavy atom. The molecule has 0 aromatic heterocycles. The maximum absolute atomic E-state index is 12.5. The fourth-order valence-corrected chi connectivity index (χ4v) is 0.980. The molecule has 1 nitrogen and oxygen atoms in total. The molecule has 0 fully saturated rings. The molecule has 0 heterocycles. The molecule has 0 saturated heterocycles. The van der Waals surface area contributed by atoms with Gasteiger partial charge in [0.1, 0.15) is 5.82 Å². The summed E-state index contributed by atoms with van der Waals surface area (Å²) in [5.74, 6) is -0.233. The molecule has 0 aliphatic carbocycles. The molecule has 1 rings (SSSR count).